The van der Waals surface area contributed by atoms with Gasteiger partial charge in [0.05, 0.1) is 40.7 Å². The van der Waals surface area contributed by atoms with Crippen LogP contribution in [0.15, 0.2) is 54.0 Å². The standard InChI is InChI=1S/C24H25N5OS/c1-16(18-4-3-5-20(12-18)29-8-10-30-11-9-29)26-24-14-22(27-17(2)28-24)19-6-7-21-23(13-19)31-15-25-21/h3-7,12-16H,8-11H2,1-2H3,(H,26,27,28). The van der Waals surface area contributed by atoms with Crippen molar-refractivity contribution in [3.63, 3.8) is 0 Å². The topological polar surface area (TPSA) is 63.2 Å². The molecule has 0 amide bonds. The summed E-state index contributed by atoms with van der Waals surface area (Å²) in [5.74, 6) is 1.58. The minimum atomic E-state index is 0.118. The van der Waals surface area contributed by atoms with Crippen LogP contribution in [-0.2, 0) is 4.74 Å². The van der Waals surface area contributed by atoms with E-state index in [0.717, 1.165) is 59.4 Å². The number of aromatic nitrogens is 3. The van der Waals surface area contributed by atoms with E-state index >= 15 is 0 Å². The zero-order valence-electron chi connectivity index (χ0n) is 17.7. The summed E-state index contributed by atoms with van der Waals surface area (Å²) in [6.45, 7) is 7.54. The van der Waals surface area contributed by atoms with Crippen LogP contribution in [0.25, 0.3) is 21.5 Å². The highest BCUT2D eigenvalue weighted by molar-refractivity contribution is 7.16. The summed E-state index contributed by atoms with van der Waals surface area (Å²) < 4.78 is 6.65. The second-order valence-corrected chi connectivity index (χ2v) is 8.67. The fourth-order valence-corrected chi connectivity index (χ4v) is 4.64. The van der Waals surface area contributed by atoms with Gasteiger partial charge in [-0.15, -0.1) is 11.3 Å². The molecule has 31 heavy (non-hydrogen) atoms. The van der Waals surface area contributed by atoms with Gasteiger partial charge in [-0.05, 0) is 43.7 Å². The highest BCUT2D eigenvalue weighted by Crippen LogP contribution is 2.28. The molecule has 0 radical (unpaired) electrons. The zero-order valence-corrected chi connectivity index (χ0v) is 18.5. The molecule has 4 aromatic rings. The molecule has 2 aromatic heterocycles. The normalized spacial score (nSPS) is 15.2. The van der Waals surface area contributed by atoms with Crippen LogP contribution >= 0.6 is 11.3 Å². The van der Waals surface area contributed by atoms with Gasteiger partial charge in [0.15, 0.2) is 0 Å². The third-order valence-electron chi connectivity index (χ3n) is 5.58. The molecule has 0 saturated carbocycles. The lowest BCUT2D eigenvalue weighted by Crippen LogP contribution is -2.36. The highest BCUT2D eigenvalue weighted by atomic mass is 32.1. The number of rotatable bonds is 5. The van der Waals surface area contributed by atoms with Gasteiger partial charge in [0, 0.05) is 30.4 Å². The SMILES string of the molecule is Cc1nc(NC(C)c2cccc(N3CCOCC3)c2)cc(-c2ccc3ncsc3c2)n1. The molecule has 5 rings (SSSR count). The van der Waals surface area contributed by atoms with Crippen LogP contribution < -0.4 is 10.2 Å². The Hall–Kier alpha value is -3.03. The van der Waals surface area contributed by atoms with Crippen LogP contribution in [0, 0.1) is 6.92 Å². The lowest BCUT2D eigenvalue weighted by molar-refractivity contribution is 0.122. The Bertz CT molecular complexity index is 1200. The van der Waals surface area contributed by atoms with Crippen molar-refractivity contribution in [1.29, 1.82) is 0 Å². The largest absolute Gasteiger partial charge is 0.378 e. The molecule has 1 fully saturated rings. The van der Waals surface area contributed by atoms with E-state index < -0.39 is 0 Å². The van der Waals surface area contributed by atoms with E-state index in [9.17, 15) is 0 Å². The van der Waals surface area contributed by atoms with E-state index in [1.165, 1.54) is 11.3 Å². The lowest BCUT2D eigenvalue weighted by Gasteiger charge is -2.29. The number of nitrogens with zero attached hydrogens (tertiary/aromatic N) is 4. The molecule has 1 aliphatic heterocycles. The monoisotopic (exact) mass is 431 g/mol. The summed E-state index contributed by atoms with van der Waals surface area (Å²) in [6.07, 6.45) is 0. The number of hydrogen-bond acceptors (Lipinski definition) is 7. The molecule has 0 bridgehead atoms. The molecule has 1 unspecified atom stereocenters. The number of thiazole rings is 1. The first-order valence-corrected chi connectivity index (χ1v) is 11.4. The first-order chi connectivity index (χ1) is 15.2. The van der Waals surface area contributed by atoms with Crippen molar-refractivity contribution in [3.05, 3.63) is 65.4 Å². The van der Waals surface area contributed by atoms with E-state index in [0.29, 0.717) is 0 Å². The molecule has 6 nitrogen and oxygen atoms in total. The van der Waals surface area contributed by atoms with Crippen molar-refractivity contribution in [1.82, 2.24) is 15.0 Å². The average Bonchev–Trinajstić information content (AvgIpc) is 3.27. The maximum absolute atomic E-state index is 5.48. The lowest BCUT2D eigenvalue weighted by atomic mass is 10.1. The third kappa shape index (κ3) is 4.38. The van der Waals surface area contributed by atoms with E-state index in [1.54, 1.807) is 11.3 Å². The molecule has 3 heterocycles. The number of ether oxygens (including phenoxy) is 1. The van der Waals surface area contributed by atoms with Crippen molar-refractivity contribution < 1.29 is 4.74 Å². The molecule has 1 saturated heterocycles. The zero-order chi connectivity index (χ0) is 21.2. The van der Waals surface area contributed by atoms with E-state index in [2.05, 4.69) is 68.5 Å². The molecular formula is C24H25N5OS. The van der Waals surface area contributed by atoms with Gasteiger partial charge in [0.2, 0.25) is 0 Å². The molecule has 7 heteroatoms. The quantitative estimate of drug-likeness (QED) is 0.476. The molecule has 0 aliphatic carbocycles. The Labute approximate surface area is 185 Å². The summed E-state index contributed by atoms with van der Waals surface area (Å²) in [5.41, 5.74) is 7.36. The van der Waals surface area contributed by atoms with Crippen molar-refractivity contribution in [2.45, 2.75) is 19.9 Å². The van der Waals surface area contributed by atoms with Gasteiger partial charge < -0.3 is 15.0 Å². The predicted molar refractivity (Wildman–Crippen MR) is 127 cm³/mol. The smallest absolute Gasteiger partial charge is 0.130 e. The molecular weight excluding hydrogens is 406 g/mol. The fraction of sp³-hybridized carbons (Fsp3) is 0.292. The van der Waals surface area contributed by atoms with E-state index in [4.69, 9.17) is 4.74 Å². The van der Waals surface area contributed by atoms with Crippen LogP contribution in [-0.4, -0.2) is 41.3 Å². The number of aryl methyl sites for hydroxylation is 1. The summed E-state index contributed by atoms with van der Waals surface area (Å²) >= 11 is 1.64. The summed E-state index contributed by atoms with van der Waals surface area (Å²) in [6, 6.07) is 17.1. The van der Waals surface area contributed by atoms with Crippen LogP contribution in [0.3, 0.4) is 0 Å². The second-order valence-electron chi connectivity index (χ2n) is 7.78. The predicted octanol–water partition coefficient (Wildman–Crippen LogP) is 5.07. The minimum absolute atomic E-state index is 0.118. The van der Waals surface area contributed by atoms with Crippen molar-refractivity contribution in [3.8, 4) is 11.3 Å². The maximum atomic E-state index is 5.48. The fourth-order valence-electron chi connectivity index (χ4n) is 3.92. The van der Waals surface area contributed by atoms with Gasteiger partial charge in [0.1, 0.15) is 11.6 Å². The average molecular weight is 432 g/mol. The Balaban J connectivity index is 1.38. The number of fused-ring (bicyclic) bond motifs is 1. The minimum Gasteiger partial charge on any atom is -0.378 e. The molecule has 158 valence electrons. The number of nitrogens with one attached hydrogen (secondary N) is 1. The van der Waals surface area contributed by atoms with Gasteiger partial charge in [0.25, 0.3) is 0 Å². The van der Waals surface area contributed by atoms with Gasteiger partial charge in [-0.25, -0.2) is 15.0 Å². The Morgan fingerprint density at radius 2 is 1.94 bits per heavy atom. The van der Waals surface area contributed by atoms with Crippen molar-refractivity contribution in [2.24, 2.45) is 0 Å². The first-order valence-electron chi connectivity index (χ1n) is 10.5. The summed E-state index contributed by atoms with van der Waals surface area (Å²) in [5, 5.41) is 3.57. The maximum Gasteiger partial charge on any atom is 0.130 e. The third-order valence-corrected chi connectivity index (χ3v) is 6.37. The Kier molecular flexibility index (Phi) is 5.53. The van der Waals surface area contributed by atoms with Crippen LogP contribution in [0.1, 0.15) is 24.4 Å². The van der Waals surface area contributed by atoms with Crippen molar-refractivity contribution >= 4 is 33.1 Å². The van der Waals surface area contributed by atoms with Crippen LogP contribution in [0.4, 0.5) is 11.5 Å². The van der Waals surface area contributed by atoms with Gasteiger partial charge in [-0.2, -0.15) is 0 Å². The van der Waals surface area contributed by atoms with E-state index in [-0.39, 0.29) is 6.04 Å². The van der Waals surface area contributed by atoms with Crippen LogP contribution in [0.5, 0.6) is 0 Å². The Morgan fingerprint density at radius 3 is 2.81 bits per heavy atom. The first kappa shape index (κ1) is 19.9. The number of benzene rings is 2. The number of morpholine rings is 1. The number of anilines is 2. The second kappa shape index (κ2) is 8.61. The number of hydrogen-bond donors (Lipinski definition) is 1. The molecule has 1 aliphatic rings. The molecule has 1 N–H and O–H groups in total. The molecule has 0 spiro atoms. The van der Waals surface area contributed by atoms with Crippen LogP contribution in [0.2, 0.25) is 0 Å². The summed E-state index contributed by atoms with van der Waals surface area (Å²) in [4.78, 5) is 16.0. The highest BCUT2D eigenvalue weighted by Gasteiger charge is 2.14. The van der Waals surface area contributed by atoms with Gasteiger partial charge in [-0.3, -0.25) is 0 Å². The molecule has 1 atom stereocenters. The van der Waals surface area contributed by atoms with Gasteiger partial charge >= 0.3 is 0 Å². The summed E-state index contributed by atoms with van der Waals surface area (Å²) in [7, 11) is 0. The Morgan fingerprint density at radius 1 is 1.06 bits per heavy atom. The molecule has 2 aromatic carbocycles. The van der Waals surface area contributed by atoms with Crippen molar-refractivity contribution in [2.75, 3.05) is 36.5 Å². The van der Waals surface area contributed by atoms with Gasteiger partial charge in [-0.1, -0.05) is 18.2 Å². The van der Waals surface area contributed by atoms with E-state index in [1.807, 2.05) is 24.6 Å².